The first-order valence-corrected chi connectivity index (χ1v) is 12.2. The van der Waals surface area contributed by atoms with Gasteiger partial charge in [-0.15, -0.1) is 0 Å². The summed E-state index contributed by atoms with van der Waals surface area (Å²) in [4.78, 5) is 18.2. The summed E-state index contributed by atoms with van der Waals surface area (Å²) in [7, 11) is 0. The van der Waals surface area contributed by atoms with Crippen LogP contribution in [0.4, 0.5) is 5.69 Å². The van der Waals surface area contributed by atoms with Gasteiger partial charge in [0.1, 0.15) is 5.52 Å². The molecule has 0 saturated carbocycles. The van der Waals surface area contributed by atoms with Gasteiger partial charge in [0.05, 0.1) is 23.4 Å². The second-order valence-corrected chi connectivity index (χ2v) is 9.27. The lowest BCUT2D eigenvalue weighted by Crippen LogP contribution is -2.20. The number of aromatic amines is 1. The molecule has 0 spiro atoms. The van der Waals surface area contributed by atoms with E-state index in [0.29, 0.717) is 5.89 Å². The molecule has 2 aromatic heterocycles. The fourth-order valence-electron chi connectivity index (χ4n) is 5.24. The van der Waals surface area contributed by atoms with Gasteiger partial charge < -0.3 is 9.73 Å². The minimum absolute atomic E-state index is 0.0470. The molecule has 0 bridgehead atoms. The van der Waals surface area contributed by atoms with E-state index < -0.39 is 0 Å². The van der Waals surface area contributed by atoms with Gasteiger partial charge in [-0.2, -0.15) is 5.10 Å². The van der Waals surface area contributed by atoms with E-state index in [0.717, 1.165) is 61.4 Å². The molecule has 1 aliphatic carbocycles. The monoisotopic (exact) mass is 482 g/mol. The van der Waals surface area contributed by atoms with Crippen molar-refractivity contribution in [3.63, 3.8) is 0 Å². The molecule has 0 fully saturated rings. The van der Waals surface area contributed by atoms with E-state index >= 15 is 0 Å². The Hall–Kier alpha value is -4.97. The lowest BCUT2D eigenvalue weighted by Gasteiger charge is -2.14. The number of aryl methyl sites for hydroxylation is 1. The van der Waals surface area contributed by atoms with Crippen molar-refractivity contribution in [1.29, 1.82) is 0 Å². The van der Waals surface area contributed by atoms with Crippen LogP contribution in [-0.2, 0) is 4.79 Å². The maximum atomic E-state index is 13.5. The van der Waals surface area contributed by atoms with Gasteiger partial charge in [-0.05, 0) is 52.9 Å². The summed E-state index contributed by atoms with van der Waals surface area (Å²) < 4.78 is 6.02. The van der Waals surface area contributed by atoms with Crippen LogP contribution < -0.4 is 5.32 Å². The first-order valence-electron chi connectivity index (χ1n) is 12.2. The van der Waals surface area contributed by atoms with Crippen LogP contribution in [0.1, 0.15) is 22.6 Å². The second kappa shape index (κ2) is 8.31. The van der Waals surface area contributed by atoms with E-state index in [2.05, 4.69) is 27.6 Å². The molecule has 37 heavy (non-hydrogen) atoms. The number of nitrogens with one attached hydrogen (secondary N) is 2. The molecule has 7 rings (SSSR count). The molecule has 2 N–H and O–H groups in total. The molecular weight excluding hydrogens is 460 g/mol. The van der Waals surface area contributed by atoms with Crippen LogP contribution >= 0.6 is 0 Å². The summed E-state index contributed by atoms with van der Waals surface area (Å²) in [5.41, 5.74) is 10.2. The molecular formula is C31H22N4O2. The van der Waals surface area contributed by atoms with Crippen LogP contribution in [0.5, 0.6) is 0 Å². The number of nitrogens with zero attached hydrogens (tertiary/aromatic N) is 2. The minimum atomic E-state index is -0.339. The molecule has 6 aromatic rings. The van der Waals surface area contributed by atoms with E-state index in [-0.39, 0.29) is 11.8 Å². The van der Waals surface area contributed by atoms with Crippen LogP contribution in [-0.4, -0.2) is 21.1 Å². The third kappa shape index (κ3) is 3.45. The average Bonchev–Trinajstić information content (AvgIpc) is 3.65. The lowest BCUT2D eigenvalue weighted by atomic mass is 9.96. The molecule has 0 radical (unpaired) electrons. The molecule has 0 saturated heterocycles. The standard InChI is InChI=1S/C31H22N4O2/c1-18-7-6-12-26-28(18)34-31(37-26)25-17-32-35-29(25)19-13-15-20(16-14-19)33-30(36)27-23-10-4-2-8-21(23)22-9-3-5-11-24(22)27/h2-17,27H,1H3,(H,32,35)(H,33,36). The van der Waals surface area contributed by atoms with E-state index in [1.54, 1.807) is 6.20 Å². The zero-order valence-electron chi connectivity index (χ0n) is 20.0. The smallest absolute Gasteiger partial charge is 0.236 e. The molecule has 0 aliphatic heterocycles. The Kier molecular flexibility index (Phi) is 4.79. The summed E-state index contributed by atoms with van der Waals surface area (Å²) in [5.74, 6) is 0.132. The topological polar surface area (TPSA) is 83.8 Å². The number of oxazole rings is 1. The Labute approximate surface area is 213 Å². The van der Waals surface area contributed by atoms with Crippen molar-refractivity contribution >= 4 is 22.7 Å². The predicted molar refractivity (Wildman–Crippen MR) is 144 cm³/mol. The van der Waals surface area contributed by atoms with Gasteiger partial charge in [0, 0.05) is 11.3 Å². The van der Waals surface area contributed by atoms with Gasteiger partial charge in [0.25, 0.3) is 0 Å². The predicted octanol–water partition coefficient (Wildman–Crippen LogP) is 6.94. The first-order chi connectivity index (χ1) is 18.2. The number of carbonyl (C=O) groups is 1. The van der Waals surface area contributed by atoms with Crippen LogP contribution in [0, 0.1) is 6.92 Å². The molecule has 1 amide bonds. The van der Waals surface area contributed by atoms with Crippen molar-refractivity contribution < 1.29 is 9.21 Å². The number of aromatic nitrogens is 3. The van der Waals surface area contributed by atoms with Crippen molar-refractivity contribution in [2.24, 2.45) is 0 Å². The van der Waals surface area contributed by atoms with Crippen molar-refractivity contribution in [3.05, 3.63) is 114 Å². The van der Waals surface area contributed by atoms with Gasteiger partial charge in [0.15, 0.2) is 5.58 Å². The van der Waals surface area contributed by atoms with Crippen LogP contribution in [0.25, 0.3) is 44.9 Å². The van der Waals surface area contributed by atoms with Crippen LogP contribution in [0.2, 0.25) is 0 Å². The fourth-order valence-corrected chi connectivity index (χ4v) is 5.24. The molecule has 178 valence electrons. The number of rotatable bonds is 4. The highest BCUT2D eigenvalue weighted by molar-refractivity contribution is 6.03. The number of H-pyrrole nitrogens is 1. The van der Waals surface area contributed by atoms with Gasteiger partial charge in [-0.3, -0.25) is 9.89 Å². The van der Waals surface area contributed by atoms with Crippen molar-refractivity contribution in [2.75, 3.05) is 5.32 Å². The Morgan fingerprint density at radius 1 is 0.838 bits per heavy atom. The Balaban J connectivity index is 1.17. The molecule has 0 unspecified atom stereocenters. The molecule has 2 heterocycles. The summed E-state index contributed by atoms with van der Waals surface area (Å²) >= 11 is 0. The number of benzene rings is 4. The Bertz CT molecular complexity index is 1750. The van der Waals surface area contributed by atoms with Crippen LogP contribution in [0.3, 0.4) is 0 Å². The SMILES string of the molecule is Cc1cccc2oc(-c3cn[nH]c3-c3ccc(NC(=O)C4c5ccccc5-c5ccccc54)cc3)nc12. The number of fused-ring (bicyclic) bond motifs is 4. The highest BCUT2D eigenvalue weighted by atomic mass is 16.3. The van der Waals surface area contributed by atoms with E-state index in [4.69, 9.17) is 9.40 Å². The fraction of sp³-hybridized carbons (Fsp3) is 0.0645. The highest BCUT2D eigenvalue weighted by Gasteiger charge is 2.33. The maximum absolute atomic E-state index is 13.5. The third-order valence-corrected chi connectivity index (χ3v) is 7.03. The second-order valence-electron chi connectivity index (χ2n) is 9.27. The normalized spacial score (nSPS) is 12.5. The first kappa shape index (κ1) is 21.3. The molecule has 6 heteroatoms. The summed E-state index contributed by atoms with van der Waals surface area (Å²) in [6, 6.07) is 29.8. The zero-order valence-corrected chi connectivity index (χ0v) is 20.0. The largest absolute Gasteiger partial charge is 0.436 e. The molecule has 4 aromatic carbocycles. The summed E-state index contributed by atoms with van der Waals surface area (Å²) in [6.07, 6.45) is 1.72. The van der Waals surface area contributed by atoms with E-state index in [9.17, 15) is 4.79 Å². The highest BCUT2D eigenvalue weighted by Crippen LogP contribution is 2.45. The summed E-state index contributed by atoms with van der Waals surface area (Å²) in [5, 5.41) is 10.4. The Morgan fingerprint density at radius 2 is 1.54 bits per heavy atom. The summed E-state index contributed by atoms with van der Waals surface area (Å²) in [6.45, 7) is 2.01. The quantitative estimate of drug-likeness (QED) is 0.285. The van der Waals surface area contributed by atoms with E-state index in [1.165, 1.54) is 0 Å². The van der Waals surface area contributed by atoms with Gasteiger partial charge in [-0.25, -0.2) is 4.98 Å². The van der Waals surface area contributed by atoms with Gasteiger partial charge >= 0.3 is 0 Å². The zero-order chi connectivity index (χ0) is 24.9. The molecule has 6 nitrogen and oxygen atoms in total. The van der Waals surface area contributed by atoms with Crippen LogP contribution in [0.15, 0.2) is 102 Å². The number of anilines is 1. The van der Waals surface area contributed by atoms with Gasteiger partial charge in [0.2, 0.25) is 11.8 Å². The number of hydrogen-bond donors (Lipinski definition) is 2. The number of carbonyl (C=O) groups excluding carboxylic acids is 1. The van der Waals surface area contributed by atoms with Crippen molar-refractivity contribution in [2.45, 2.75) is 12.8 Å². The molecule has 1 aliphatic rings. The Morgan fingerprint density at radius 3 is 2.24 bits per heavy atom. The lowest BCUT2D eigenvalue weighted by molar-refractivity contribution is -0.116. The number of para-hydroxylation sites is 1. The average molecular weight is 483 g/mol. The number of hydrogen-bond acceptors (Lipinski definition) is 4. The number of amides is 1. The molecule has 0 atom stereocenters. The minimum Gasteiger partial charge on any atom is -0.436 e. The third-order valence-electron chi connectivity index (χ3n) is 7.03. The van der Waals surface area contributed by atoms with E-state index in [1.807, 2.05) is 85.8 Å². The van der Waals surface area contributed by atoms with Crippen molar-refractivity contribution in [3.8, 4) is 33.8 Å². The van der Waals surface area contributed by atoms with Gasteiger partial charge in [-0.1, -0.05) is 72.8 Å². The maximum Gasteiger partial charge on any atom is 0.236 e. The van der Waals surface area contributed by atoms with Crippen molar-refractivity contribution in [1.82, 2.24) is 15.2 Å².